The molecule has 0 bridgehead atoms. The van der Waals surface area contributed by atoms with Gasteiger partial charge in [0.1, 0.15) is 0 Å². The molecule has 0 aliphatic heterocycles. The van der Waals surface area contributed by atoms with Crippen LogP contribution in [0, 0.1) is 6.92 Å². The normalized spacial score (nSPS) is 13.0. The van der Waals surface area contributed by atoms with Gasteiger partial charge in [0.15, 0.2) is 0 Å². The summed E-state index contributed by atoms with van der Waals surface area (Å²) in [6.45, 7) is 6.56. The molecule has 1 atom stereocenters. The van der Waals surface area contributed by atoms with Gasteiger partial charge in [0.05, 0.1) is 0 Å². The third-order valence-corrected chi connectivity index (χ3v) is 3.80. The van der Waals surface area contributed by atoms with E-state index in [-0.39, 0.29) is 0 Å². The summed E-state index contributed by atoms with van der Waals surface area (Å²) in [4.78, 5) is 0. The van der Waals surface area contributed by atoms with Crippen molar-refractivity contribution in [1.82, 2.24) is 0 Å². The van der Waals surface area contributed by atoms with Gasteiger partial charge in [0.25, 0.3) is 0 Å². The lowest BCUT2D eigenvalue weighted by Crippen LogP contribution is -1.96. The monoisotopic (exact) mass is 258 g/mol. The molecule has 0 aromatic heterocycles. The number of allylic oxidation sites excluding steroid dienone is 2. The summed E-state index contributed by atoms with van der Waals surface area (Å²) in [5.74, 6) is 0.608. The van der Waals surface area contributed by atoms with Crippen LogP contribution < -0.4 is 0 Å². The molecule has 106 valence electrons. The minimum absolute atomic E-state index is 0.608. The molecule has 0 heteroatoms. The zero-order chi connectivity index (χ0) is 13.9. The molecule has 0 radical (unpaired) electrons. The van der Waals surface area contributed by atoms with Crippen LogP contribution in [0.25, 0.3) is 0 Å². The third kappa shape index (κ3) is 6.61. The van der Waals surface area contributed by atoms with Gasteiger partial charge in [0, 0.05) is 5.92 Å². The highest BCUT2D eigenvalue weighted by molar-refractivity contribution is 5.27. The van der Waals surface area contributed by atoms with Crippen molar-refractivity contribution in [1.29, 1.82) is 0 Å². The molecule has 0 saturated carbocycles. The fourth-order valence-corrected chi connectivity index (χ4v) is 2.56. The van der Waals surface area contributed by atoms with Gasteiger partial charge in [0.2, 0.25) is 0 Å². The van der Waals surface area contributed by atoms with E-state index < -0.39 is 0 Å². The van der Waals surface area contributed by atoms with Gasteiger partial charge in [-0.25, -0.2) is 0 Å². The topological polar surface area (TPSA) is 0 Å². The molecule has 0 fully saturated rings. The third-order valence-electron chi connectivity index (χ3n) is 3.80. The summed E-state index contributed by atoms with van der Waals surface area (Å²) in [5.41, 5.74) is 2.82. The molecule has 0 N–H and O–H groups in total. The molecule has 0 saturated heterocycles. The van der Waals surface area contributed by atoms with Crippen LogP contribution in [-0.2, 0) is 0 Å². The zero-order valence-electron chi connectivity index (χ0n) is 13.0. The minimum atomic E-state index is 0.608. The molecule has 19 heavy (non-hydrogen) atoms. The number of benzene rings is 1. The molecular formula is C19H30. The number of aryl methyl sites for hydroxylation is 1. The van der Waals surface area contributed by atoms with Crippen LogP contribution in [-0.4, -0.2) is 0 Å². The van der Waals surface area contributed by atoms with Gasteiger partial charge in [-0.15, -0.1) is 0 Å². The van der Waals surface area contributed by atoms with Crippen molar-refractivity contribution in [3.63, 3.8) is 0 Å². The van der Waals surface area contributed by atoms with E-state index in [1.165, 1.54) is 56.1 Å². The van der Waals surface area contributed by atoms with Crippen molar-refractivity contribution < 1.29 is 0 Å². The largest absolute Gasteiger partial charge is 0.0910 e. The van der Waals surface area contributed by atoms with Crippen LogP contribution in [0.15, 0.2) is 36.4 Å². The molecule has 1 unspecified atom stereocenters. The minimum Gasteiger partial charge on any atom is -0.0910 e. The highest BCUT2D eigenvalue weighted by Crippen LogP contribution is 2.24. The van der Waals surface area contributed by atoms with Gasteiger partial charge in [-0.1, -0.05) is 87.4 Å². The number of hydrogen-bond donors (Lipinski definition) is 0. The average molecular weight is 258 g/mol. The van der Waals surface area contributed by atoms with Crippen LogP contribution in [0.5, 0.6) is 0 Å². The van der Waals surface area contributed by atoms with E-state index in [2.05, 4.69) is 57.2 Å². The molecule has 0 amide bonds. The Morgan fingerprint density at radius 2 is 1.58 bits per heavy atom. The molecule has 1 rings (SSSR count). The average Bonchev–Trinajstić information content (AvgIpc) is 2.42. The SMILES string of the molecule is CC=CC(CCCCCCCC)c1ccc(C)cc1. The second kappa shape index (κ2) is 9.83. The van der Waals surface area contributed by atoms with E-state index in [0.29, 0.717) is 5.92 Å². The van der Waals surface area contributed by atoms with Crippen LogP contribution >= 0.6 is 0 Å². The smallest absolute Gasteiger partial charge is 0.00178 e. The first-order valence-electron chi connectivity index (χ1n) is 7.97. The van der Waals surface area contributed by atoms with Crippen molar-refractivity contribution in [2.75, 3.05) is 0 Å². The molecule has 0 aliphatic rings. The summed E-state index contributed by atoms with van der Waals surface area (Å²) in [6, 6.07) is 9.04. The first-order valence-corrected chi connectivity index (χ1v) is 7.97. The molecule has 0 heterocycles. The van der Waals surface area contributed by atoms with E-state index in [4.69, 9.17) is 0 Å². The van der Waals surface area contributed by atoms with Crippen LogP contribution in [0.1, 0.15) is 75.8 Å². The van der Waals surface area contributed by atoms with Crippen molar-refractivity contribution in [3.05, 3.63) is 47.5 Å². The molecule has 1 aromatic carbocycles. The first-order chi connectivity index (χ1) is 9.27. The Bertz CT molecular complexity index is 345. The van der Waals surface area contributed by atoms with E-state index >= 15 is 0 Å². The predicted molar refractivity (Wildman–Crippen MR) is 86.7 cm³/mol. The predicted octanol–water partition coefficient (Wildman–Crippen LogP) is 6.41. The maximum Gasteiger partial charge on any atom is 0.00178 e. The summed E-state index contributed by atoms with van der Waals surface area (Å²) in [7, 11) is 0. The highest BCUT2D eigenvalue weighted by atomic mass is 14.1. The summed E-state index contributed by atoms with van der Waals surface area (Å²) < 4.78 is 0. The van der Waals surface area contributed by atoms with Crippen molar-refractivity contribution in [3.8, 4) is 0 Å². The van der Waals surface area contributed by atoms with Gasteiger partial charge >= 0.3 is 0 Å². The van der Waals surface area contributed by atoms with Crippen molar-refractivity contribution >= 4 is 0 Å². The Balaban J connectivity index is 2.38. The van der Waals surface area contributed by atoms with E-state index in [1.807, 2.05) is 0 Å². The molecular weight excluding hydrogens is 228 g/mol. The molecule has 0 spiro atoms. The standard InChI is InChI=1S/C19H30/c1-4-6-7-8-9-10-12-18(11-5-2)19-15-13-17(3)14-16-19/h5,11,13-16,18H,4,6-10,12H2,1-3H3. The zero-order valence-corrected chi connectivity index (χ0v) is 13.0. The Kier molecular flexibility index (Phi) is 8.29. The Morgan fingerprint density at radius 1 is 0.947 bits per heavy atom. The Labute approximate surface area is 119 Å². The lowest BCUT2D eigenvalue weighted by atomic mass is 9.92. The number of hydrogen-bond acceptors (Lipinski definition) is 0. The van der Waals surface area contributed by atoms with E-state index in [0.717, 1.165) is 0 Å². The Hall–Kier alpha value is -1.04. The van der Waals surface area contributed by atoms with Gasteiger partial charge in [-0.2, -0.15) is 0 Å². The first kappa shape index (κ1) is 16.0. The number of unbranched alkanes of at least 4 members (excludes halogenated alkanes) is 5. The molecule has 0 nitrogen and oxygen atoms in total. The fourth-order valence-electron chi connectivity index (χ4n) is 2.56. The van der Waals surface area contributed by atoms with Crippen LogP contribution in [0.4, 0.5) is 0 Å². The lowest BCUT2D eigenvalue weighted by Gasteiger charge is -2.13. The van der Waals surface area contributed by atoms with Crippen molar-refractivity contribution in [2.24, 2.45) is 0 Å². The maximum absolute atomic E-state index is 2.36. The quantitative estimate of drug-likeness (QED) is 0.355. The summed E-state index contributed by atoms with van der Waals surface area (Å²) in [5, 5.41) is 0. The summed E-state index contributed by atoms with van der Waals surface area (Å²) >= 11 is 0. The van der Waals surface area contributed by atoms with Gasteiger partial charge in [-0.3, -0.25) is 0 Å². The summed E-state index contributed by atoms with van der Waals surface area (Å²) in [6.07, 6.45) is 14.1. The second-order valence-electron chi connectivity index (χ2n) is 5.60. The second-order valence-corrected chi connectivity index (χ2v) is 5.60. The lowest BCUT2D eigenvalue weighted by molar-refractivity contribution is 0.572. The van der Waals surface area contributed by atoms with E-state index in [1.54, 1.807) is 0 Å². The van der Waals surface area contributed by atoms with E-state index in [9.17, 15) is 0 Å². The molecule has 1 aromatic rings. The maximum atomic E-state index is 2.36. The van der Waals surface area contributed by atoms with Crippen LogP contribution in [0.3, 0.4) is 0 Å². The van der Waals surface area contributed by atoms with Gasteiger partial charge in [-0.05, 0) is 25.8 Å². The highest BCUT2D eigenvalue weighted by Gasteiger charge is 2.07. The fraction of sp³-hybridized carbons (Fsp3) is 0.579. The van der Waals surface area contributed by atoms with Crippen molar-refractivity contribution in [2.45, 2.75) is 71.6 Å². The Morgan fingerprint density at radius 3 is 2.21 bits per heavy atom. The van der Waals surface area contributed by atoms with Crippen LogP contribution in [0.2, 0.25) is 0 Å². The molecule has 0 aliphatic carbocycles. The van der Waals surface area contributed by atoms with Gasteiger partial charge < -0.3 is 0 Å². The number of rotatable bonds is 9.